The molecule has 2 aromatic heterocycles. The van der Waals surface area contributed by atoms with Gasteiger partial charge in [0.05, 0.1) is 16.8 Å². The first kappa shape index (κ1) is 13.4. The molecule has 0 amide bonds. The summed E-state index contributed by atoms with van der Waals surface area (Å²) < 4.78 is 7.40. The van der Waals surface area contributed by atoms with E-state index >= 15 is 0 Å². The molecular formula is C17H13N3O3. The van der Waals surface area contributed by atoms with Crippen LogP contribution in [0, 0.1) is 6.92 Å². The maximum absolute atomic E-state index is 12.7. The van der Waals surface area contributed by atoms with Gasteiger partial charge in [0.2, 0.25) is 11.1 Å². The van der Waals surface area contributed by atoms with Crippen LogP contribution < -0.4 is 11.2 Å². The summed E-state index contributed by atoms with van der Waals surface area (Å²) >= 11 is 0. The fourth-order valence-corrected chi connectivity index (χ4v) is 2.72. The molecular weight excluding hydrogens is 294 g/mol. The van der Waals surface area contributed by atoms with Crippen LogP contribution in [0.3, 0.4) is 0 Å². The zero-order valence-electron chi connectivity index (χ0n) is 12.3. The Morgan fingerprint density at radius 2 is 2.04 bits per heavy atom. The molecule has 2 heterocycles. The summed E-state index contributed by atoms with van der Waals surface area (Å²) in [5.41, 5.74) is 8.15. The highest BCUT2D eigenvalue weighted by Crippen LogP contribution is 2.26. The lowest BCUT2D eigenvalue weighted by Crippen LogP contribution is -2.03. The van der Waals surface area contributed by atoms with Crippen molar-refractivity contribution < 1.29 is 9.52 Å². The fraction of sp³-hybridized carbons (Fsp3) is 0.0588. The smallest absolute Gasteiger partial charge is 0.234 e. The topological polar surface area (TPSA) is 94.3 Å². The maximum atomic E-state index is 12.7. The van der Waals surface area contributed by atoms with Gasteiger partial charge in [0.15, 0.2) is 0 Å². The Morgan fingerprint density at radius 3 is 2.83 bits per heavy atom. The fourth-order valence-electron chi connectivity index (χ4n) is 2.72. The number of nitrogen functional groups attached to an aromatic ring is 1. The number of anilines is 1. The van der Waals surface area contributed by atoms with E-state index in [1.165, 1.54) is 12.1 Å². The standard InChI is InChI=1S/C17H13N3O3/c1-9-15-16(22)13-6-5-12(21)8-14(13)23-17(15)20(19-9)11-4-2-3-10(18)7-11/h2-8,21H,18H2,1H3. The highest BCUT2D eigenvalue weighted by atomic mass is 16.3. The Labute approximate surface area is 130 Å². The second-order valence-corrected chi connectivity index (χ2v) is 5.38. The zero-order chi connectivity index (χ0) is 16.1. The number of nitrogens with two attached hydrogens (primary N) is 1. The molecule has 23 heavy (non-hydrogen) atoms. The van der Waals surface area contributed by atoms with Crippen LogP contribution in [0.2, 0.25) is 0 Å². The van der Waals surface area contributed by atoms with Crippen LogP contribution in [0.1, 0.15) is 5.69 Å². The lowest BCUT2D eigenvalue weighted by molar-refractivity contribution is 0.474. The third-order valence-corrected chi connectivity index (χ3v) is 3.78. The summed E-state index contributed by atoms with van der Waals surface area (Å²) in [6.45, 7) is 1.76. The number of benzene rings is 2. The molecule has 114 valence electrons. The minimum absolute atomic E-state index is 0.0340. The van der Waals surface area contributed by atoms with Crippen molar-refractivity contribution in [3.05, 3.63) is 58.4 Å². The van der Waals surface area contributed by atoms with E-state index in [1.807, 2.05) is 6.07 Å². The predicted molar refractivity (Wildman–Crippen MR) is 87.9 cm³/mol. The molecule has 0 bridgehead atoms. The second kappa shape index (κ2) is 4.61. The van der Waals surface area contributed by atoms with Crippen molar-refractivity contribution in [2.24, 2.45) is 0 Å². The number of fused-ring (bicyclic) bond motifs is 2. The average molecular weight is 307 g/mol. The largest absolute Gasteiger partial charge is 0.508 e. The van der Waals surface area contributed by atoms with Crippen molar-refractivity contribution in [1.82, 2.24) is 9.78 Å². The van der Waals surface area contributed by atoms with Gasteiger partial charge in [0, 0.05) is 11.8 Å². The number of aryl methyl sites for hydroxylation is 1. The van der Waals surface area contributed by atoms with Crippen molar-refractivity contribution in [3.63, 3.8) is 0 Å². The van der Waals surface area contributed by atoms with Crippen molar-refractivity contribution in [1.29, 1.82) is 0 Å². The molecule has 0 aliphatic rings. The summed E-state index contributed by atoms with van der Waals surface area (Å²) in [5.74, 6) is 0.0340. The van der Waals surface area contributed by atoms with Crippen LogP contribution in [0.25, 0.3) is 27.8 Å². The van der Waals surface area contributed by atoms with Gasteiger partial charge in [-0.05, 0) is 37.3 Å². The van der Waals surface area contributed by atoms with E-state index in [1.54, 1.807) is 35.9 Å². The molecule has 4 rings (SSSR count). The highest BCUT2D eigenvalue weighted by molar-refractivity contribution is 5.90. The van der Waals surface area contributed by atoms with Gasteiger partial charge in [-0.3, -0.25) is 4.79 Å². The van der Waals surface area contributed by atoms with Crippen LogP contribution >= 0.6 is 0 Å². The number of hydrogen-bond donors (Lipinski definition) is 2. The first-order chi connectivity index (χ1) is 11.0. The molecule has 4 aromatic rings. The quantitative estimate of drug-likeness (QED) is 0.527. The molecule has 6 nitrogen and oxygen atoms in total. The zero-order valence-corrected chi connectivity index (χ0v) is 12.3. The minimum Gasteiger partial charge on any atom is -0.508 e. The SMILES string of the molecule is Cc1nn(-c2cccc(N)c2)c2oc3cc(O)ccc3c(=O)c12. The Morgan fingerprint density at radius 1 is 1.22 bits per heavy atom. The number of hydrogen-bond acceptors (Lipinski definition) is 5. The molecule has 0 unspecified atom stereocenters. The van der Waals surface area contributed by atoms with E-state index in [9.17, 15) is 9.90 Å². The highest BCUT2D eigenvalue weighted by Gasteiger charge is 2.17. The molecule has 0 spiro atoms. The average Bonchev–Trinajstić information content (AvgIpc) is 2.84. The van der Waals surface area contributed by atoms with Gasteiger partial charge in [-0.1, -0.05) is 6.07 Å². The molecule has 3 N–H and O–H groups in total. The molecule has 6 heteroatoms. The molecule has 0 radical (unpaired) electrons. The molecule has 0 aliphatic heterocycles. The summed E-state index contributed by atoms with van der Waals surface area (Å²) in [4.78, 5) is 12.7. The molecule has 0 saturated carbocycles. The van der Waals surface area contributed by atoms with Gasteiger partial charge in [0.1, 0.15) is 16.7 Å². The minimum atomic E-state index is -0.172. The molecule has 0 saturated heterocycles. The lowest BCUT2D eigenvalue weighted by Gasteiger charge is -2.04. The first-order valence-electron chi connectivity index (χ1n) is 7.05. The number of phenolic OH excluding ortho intramolecular Hbond substituents is 1. The number of phenols is 1. The van der Waals surface area contributed by atoms with Crippen molar-refractivity contribution >= 4 is 27.8 Å². The third-order valence-electron chi connectivity index (χ3n) is 3.78. The normalized spacial score (nSPS) is 11.3. The number of rotatable bonds is 1. The van der Waals surface area contributed by atoms with Gasteiger partial charge < -0.3 is 15.3 Å². The van der Waals surface area contributed by atoms with E-state index in [2.05, 4.69) is 5.10 Å². The van der Waals surface area contributed by atoms with Crippen LogP contribution in [-0.2, 0) is 0 Å². The Bertz CT molecular complexity index is 1130. The van der Waals surface area contributed by atoms with E-state index in [0.29, 0.717) is 39.1 Å². The monoisotopic (exact) mass is 307 g/mol. The number of nitrogens with zero attached hydrogens (tertiary/aromatic N) is 2. The van der Waals surface area contributed by atoms with Gasteiger partial charge >= 0.3 is 0 Å². The lowest BCUT2D eigenvalue weighted by atomic mass is 10.1. The van der Waals surface area contributed by atoms with E-state index in [0.717, 1.165) is 0 Å². The molecule has 2 aromatic carbocycles. The number of aromatic nitrogens is 2. The van der Waals surface area contributed by atoms with Gasteiger partial charge in [-0.25, -0.2) is 0 Å². The second-order valence-electron chi connectivity index (χ2n) is 5.38. The van der Waals surface area contributed by atoms with Gasteiger partial charge in [-0.2, -0.15) is 9.78 Å². The predicted octanol–water partition coefficient (Wildman–Crippen LogP) is 2.73. The van der Waals surface area contributed by atoms with Crippen molar-refractivity contribution in [2.45, 2.75) is 6.92 Å². The van der Waals surface area contributed by atoms with Crippen LogP contribution in [-0.4, -0.2) is 14.9 Å². The van der Waals surface area contributed by atoms with E-state index in [4.69, 9.17) is 10.2 Å². The van der Waals surface area contributed by atoms with Crippen LogP contribution in [0.5, 0.6) is 5.75 Å². The van der Waals surface area contributed by atoms with E-state index < -0.39 is 0 Å². The Hall–Kier alpha value is -3.28. The first-order valence-corrected chi connectivity index (χ1v) is 7.05. The van der Waals surface area contributed by atoms with Crippen molar-refractivity contribution in [2.75, 3.05) is 5.73 Å². The van der Waals surface area contributed by atoms with Crippen LogP contribution in [0.4, 0.5) is 5.69 Å². The van der Waals surface area contributed by atoms with Gasteiger partial charge in [-0.15, -0.1) is 0 Å². The summed E-state index contributed by atoms with van der Waals surface area (Å²) in [6, 6.07) is 11.6. The Kier molecular flexibility index (Phi) is 2.68. The maximum Gasteiger partial charge on any atom is 0.234 e. The van der Waals surface area contributed by atoms with Crippen molar-refractivity contribution in [3.8, 4) is 11.4 Å². The Balaban J connectivity index is 2.15. The van der Waals surface area contributed by atoms with Crippen LogP contribution in [0.15, 0.2) is 51.7 Å². The summed E-state index contributed by atoms with van der Waals surface area (Å²) in [5, 5.41) is 14.9. The molecule has 0 aliphatic carbocycles. The molecule has 0 fully saturated rings. The number of aromatic hydroxyl groups is 1. The summed E-state index contributed by atoms with van der Waals surface area (Å²) in [6.07, 6.45) is 0. The van der Waals surface area contributed by atoms with E-state index in [-0.39, 0.29) is 11.2 Å². The summed E-state index contributed by atoms with van der Waals surface area (Å²) in [7, 11) is 0. The third kappa shape index (κ3) is 1.96. The van der Waals surface area contributed by atoms with Gasteiger partial charge in [0.25, 0.3) is 0 Å². The molecule has 0 atom stereocenters.